The van der Waals surface area contributed by atoms with Crippen molar-refractivity contribution in [2.75, 3.05) is 18.0 Å². The van der Waals surface area contributed by atoms with Gasteiger partial charge in [0, 0.05) is 31.2 Å². The quantitative estimate of drug-likeness (QED) is 0.886. The normalized spacial score (nSPS) is 15.6. The van der Waals surface area contributed by atoms with Gasteiger partial charge in [-0.05, 0) is 42.7 Å². The highest BCUT2D eigenvalue weighted by Gasteiger charge is 2.20. The first-order valence-corrected chi connectivity index (χ1v) is 7.60. The number of hydrogen-bond donors (Lipinski definition) is 1. The summed E-state index contributed by atoms with van der Waals surface area (Å²) < 4.78 is 30.8. The van der Waals surface area contributed by atoms with E-state index in [0.717, 1.165) is 30.6 Å². The Morgan fingerprint density at radius 1 is 1.30 bits per heavy atom. The zero-order chi connectivity index (χ0) is 16.2. The van der Waals surface area contributed by atoms with Crippen LogP contribution in [0.25, 0.3) is 0 Å². The molecule has 1 aliphatic heterocycles. The number of nitrogens with zero attached hydrogens (tertiary/aromatic N) is 3. The van der Waals surface area contributed by atoms with E-state index in [2.05, 4.69) is 14.7 Å². The van der Waals surface area contributed by atoms with Crippen molar-refractivity contribution in [3.05, 3.63) is 42.2 Å². The Morgan fingerprint density at radius 3 is 2.91 bits per heavy atom. The molecule has 0 aliphatic carbocycles. The highest BCUT2D eigenvalue weighted by molar-refractivity contribution is 5.58. The average molecular weight is 323 g/mol. The number of rotatable bonds is 6. The number of anilines is 1. The molecular weight excluding hydrogens is 304 g/mol. The summed E-state index contributed by atoms with van der Waals surface area (Å²) >= 11 is 0. The molecule has 1 aliphatic rings. The minimum Gasteiger partial charge on any atom is -0.435 e. The summed E-state index contributed by atoms with van der Waals surface area (Å²) in [5, 5.41) is 14.3. The van der Waals surface area contributed by atoms with E-state index in [1.54, 1.807) is 35.3 Å². The van der Waals surface area contributed by atoms with Crippen LogP contribution in [0.4, 0.5) is 14.5 Å². The Morgan fingerprint density at radius 2 is 2.17 bits per heavy atom. The molecule has 0 fully saturated rings. The lowest BCUT2D eigenvalue weighted by atomic mass is 10.0. The number of aliphatic hydroxyl groups excluding tert-OH is 1. The van der Waals surface area contributed by atoms with Crippen LogP contribution in [0.2, 0.25) is 0 Å². The van der Waals surface area contributed by atoms with Crippen molar-refractivity contribution in [3.8, 4) is 5.75 Å². The molecule has 0 spiro atoms. The van der Waals surface area contributed by atoms with E-state index in [1.807, 2.05) is 6.07 Å². The molecule has 3 rings (SSSR count). The highest BCUT2D eigenvalue weighted by Crippen LogP contribution is 2.31. The van der Waals surface area contributed by atoms with Gasteiger partial charge in [-0.1, -0.05) is 0 Å². The maximum atomic E-state index is 12.3. The number of aromatic nitrogens is 2. The fourth-order valence-corrected chi connectivity index (χ4v) is 2.95. The molecule has 23 heavy (non-hydrogen) atoms. The van der Waals surface area contributed by atoms with Gasteiger partial charge in [-0.15, -0.1) is 0 Å². The van der Waals surface area contributed by atoms with Crippen LogP contribution in [0.15, 0.2) is 36.7 Å². The number of halogens is 2. The summed E-state index contributed by atoms with van der Waals surface area (Å²) in [5.74, 6) is 0.178. The Bertz CT molecular complexity index is 634. The van der Waals surface area contributed by atoms with Crippen LogP contribution in [-0.2, 0) is 13.0 Å². The van der Waals surface area contributed by atoms with Crippen molar-refractivity contribution in [2.45, 2.75) is 32.1 Å². The third-order valence-corrected chi connectivity index (χ3v) is 3.88. The van der Waals surface area contributed by atoms with Crippen molar-refractivity contribution < 1.29 is 18.6 Å². The molecule has 0 unspecified atom stereocenters. The fourth-order valence-electron chi connectivity index (χ4n) is 2.95. The molecule has 0 saturated carbocycles. The van der Waals surface area contributed by atoms with Crippen LogP contribution in [0, 0.1) is 0 Å². The van der Waals surface area contributed by atoms with Crippen LogP contribution in [0.5, 0.6) is 5.75 Å². The van der Waals surface area contributed by atoms with Crippen LogP contribution in [0.1, 0.15) is 12.0 Å². The minimum absolute atomic E-state index is 0.178. The maximum Gasteiger partial charge on any atom is 0.387 e. The van der Waals surface area contributed by atoms with Gasteiger partial charge in [-0.3, -0.25) is 4.68 Å². The molecule has 1 N–H and O–H groups in total. The number of ether oxygens (including phenoxy) is 1. The minimum atomic E-state index is -2.82. The molecule has 5 nitrogen and oxygen atoms in total. The first-order valence-electron chi connectivity index (χ1n) is 7.60. The monoisotopic (exact) mass is 323 g/mol. The highest BCUT2D eigenvalue weighted by atomic mass is 19.3. The molecule has 0 amide bonds. The van der Waals surface area contributed by atoms with Crippen molar-refractivity contribution in [3.63, 3.8) is 0 Å². The smallest absolute Gasteiger partial charge is 0.387 e. The van der Waals surface area contributed by atoms with Crippen molar-refractivity contribution in [1.29, 1.82) is 0 Å². The number of alkyl halides is 2. The van der Waals surface area contributed by atoms with Crippen LogP contribution >= 0.6 is 0 Å². The zero-order valence-corrected chi connectivity index (χ0v) is 12.6. The van der Waals surface area contributed by atoms with Crippen LogP contribution in [-0.4, -0.2) is 40.7 Å². The van der Waals surface area contributed by atoms with Crippen molar-refractivity contribution in [2.24, 2.45) is 0 Å². The average Bonchev–Trinajstić information content (AvgIpc) is 2.99. The summed E-state index contributed by atoms with van der Waals surface area (Å²) in [6.07, 6.45) is 4.66. The van der Waals surface area contributed by atoms with Crippen LogP contribution < -0.4 is 9.64 Å². The molecule has 2 aromatic rings. The van der Waals surface area contributed by atoms with E-state index in [4.69, 9.17) is 0 Å². The molecule has 1 atom stereocenters. The van der Waals surface area contributed by atoms with Gasteiger partial charge in [0.05, 0.1) is 12.6 Å². The lowest BCUT2D eigenvalue weighted by molar-refractivity contribution is -0.0498. The van der Waals surface area contributed by atoms with Gasteiger partial charge in [-0.25, -0.2) is 0 Å². The molecule has 124 valence electrons. The SMILES string of the molecule is O[C@H](CN1CCCc2cc(OC(F)F)ccc21)Cn1cccn1. The molecule has 1 aromatic carbocycles. The summed E-state index contributed by atoms with van der Waals surface area (Å²) in [6.45, 7) is -1.09. The third-order valence-electron chi connectivity index (χ3n) is 3.88. The lowest BCUT2D eigenvalue weighted by Gasteiger charge is -2.33. The van der Waals surface area contributed by atoms with E-state index in [-0.39, 0.29) is 5.75 Å². The van der Waals surface area contributed by atoms with Crippen molar-refractivity contribution in [1.82, 2.24) is 9.78 Å². The Balaban J connectivity index is 1.68. The fraction of sp³-hybridized carbons (Fsp3) is 0.438. The maximum absolute atomic E-state index is 12.3. The first kappa shape index (κ1) is 15.7. The van der Waals surface area contributed by atoms with Gasteiger partial charge < -0.3 is 14.7 Å². The predicted molar refractivity (Wildman–Crippen MR) is 81.8 cm³/mol. The van der Waals surface area contributed by atoms with E-state index in [9.17, 15) is 13.9 Å². The predicted octanol–water partition coefficient (Wildman–Crippen LogP) is 2.30. The number of aryl methyl sites for hydroxylation is 1. The molecule has 2 heterocycles. The molecule has 7 heteroatoms. The number of hydrogen-bond acceptors (Lipinski definition) is 4. The van der Waals surface area contributed by atoms with Gasteiger partial charge in [0.1, 0.15) is 5.75 Å². The summed E-state index contributed by atoms with van der Waals surface area (Å²) in [4.78, 5) is 2.08. The molecule has 0 bridgehead atoms. The Hall–Kier alpha value is -2.15. The second-order valence-corrected chi connectivity index (χ2v) is 5.60. The van der Waals surface area contributed by atoms with E-state index in [1.165, 1.54) is 0 Å². The number of β-amino-alcohol motifs (C(OH)–C–C–N with tert-alkyl or cyclic N) is 1. The third kappa shape index (κ3) is 3.98. The number of benzene rings is 1. The molecule has 0 radical (unpaired) electrons. The standard InChI is InChI=1S/C16H19F2N3O2/c17-16(18)23-14-4-5-15-12(9-14)3-1-7-20(15)10-13(22)11-21-8-2-6-19-21/h2,4-6,8-9,13,16,22H,1,3,7,10-11H2/t13-/m1/s1. The van der Waals surface area contributed by atoms with Crippen molar-refractivity contribution >= 4 is 5.69 Å². The van der Waals surface area contributed by atoms with Crippen LogP contribution in [0.3, 0.4) is 0 Å². The van der Waals surface area contributed by atoms with Gasteiger partial charge >= 0.3 is 6.61 Å². The largest absolute Gasteiger partial charge is 0.435 e. The van der Waals surface area contributed by atoms with E-state index < -0.39 is 12.7 Å². The van der Waals surface area contributed by atoms with E-state index in [0.29, 0.717) is 13.1 Å². The van der Waals surface area contributed by atoms with E-state index >= 15 is 0 Å². The van der Waals surface area contributed by atoms with Gasteiger partial charge in [0.25, 0.3) is 0 Å². The zero-order valence-electron chi connectivity index (χ0n) is 12.6. The second-order valence-electron chi connectivity index (χ2n) is 5.60. The van der Waals surface area contributed by atoms with Gasteiger partial charge in [0.15, 0.2) is 0 Å². The molecule has 0 saturated heterocycles. The summed E-state index contributed by atoms with van der Waals surface area (Å²) in [5.41, 5.74) is 1.94. The summed E-state index contributed by atoms with van der Waals surface area (Å²) in [7, 11) is 0. The second kappa shape index (κ2) is 6.95. The molecular formula is C16H19F2N3O2. The summed E-state index contributed by atoms with van der Waals surface area (Å²) in [6, 6.07) is 6.80. The van der Waals surface area contributed by atoms with Gasteiger partial charge in [0.2, 0.25) is 0 Å². The number of aliphatic hydroxyl groups is 1. The Labute approximate surface area is 133 Å². The first-order chi connectivity index (χ1) is 11.1. The Kier molecular flexibility index (Phi) is 4.76. The van der Waals surface area contributed by atoms with Gasteiger partial charge in [-0.2, -0.15) is 13.9 Å². The number of fused-ring (bicyclic) bond motifs is 1. The topological polar surface area (TPSA) is 50.5 Å². The molecule has 1 aromatic heterocycles. The lowest BCUT2D eigenvalue weighted by Crippen LogP contribution is -2.38.